The molecule has 1 aromatic carbocycles. The van der Waals surface area contributed by atoms with E-state index in [1.54, 1.807) is 22.4 Å². The Morgan fingerprint density at radius 1 is 1.25 bits per heavy atom. The summed E-state index contributed by atoms with van der Waals surface area (Å²) in [5.74, 6) is -0.0879. The Morgan fingerprint density at radius 2 is 2.04 bits per heavy atom. The number of carbonyl (C=O) groups is 1. The van der Waals surface area contributed by atoms with E-state index in [1.807, 2.05) is 0 Å². The molecule has 3 aromatic rings. The Hall–Kier alpha value is -3.07. The van der Waals surface area contributed by atoms with Crippen LogP contribution in [-0.4, -0.2) is 38.4 Å². The molecule has 1 amide bonds. The van der Waals surface area contributed by atoms with E-state index in [-0.39, 0.29) is 23.7 Å². The fourth-order valence-corrected chi connectivity index (χ4v) is 4.38. The Labute approximate surface area is 164 Å². The van der Waals surface area contributed by atoms with E-state index in [0.29, 0.717) is 21.3 Å². The molecule has 9 heteroatoms. The van der Waals surface area contributed by atoms with Crippen molar-refractivity contribution in [1.82, 2.24) is 14.5 Å². The van der Waals surface area contributed by atoms with Gasteiger partial charge in [0.15, 0.2) is 0 Å². The number of piperidine rings is 1. The fourth-order valence-electron chi connectivity index (χ4n) is 3.47. The lowest BCUT2D eigenvalue weighted by Gasteiger charge is -2.26. The first-order valence-electron chi connectivity index (χ1n) is 9.04. The number of fused-ring (bicyclic) bond motifs is 1. The lowest BCUT2D eigenvalue weighted by atomic mass is 10.1. The minimum Gasteiger partial charge on any atom is -0.341 e. The van der Waals surface area contributed by atoms with Gasteiger partial charge in [-0.25, -0.2) is 4.98 Å². The topological polar surface area (TPSA) is 98.3 Å². The van der Waals surface area contributed by atoms with Gasteiger partial charge in [-0.2, -0.15) is 0 Å². The van der Waals surface area contributed by atoms with Gasteiger partial charge in [0.05, 0.1) is 16.6 Å². The summed E-state index contributed by atoms with van der Waals surface area (Å²) < 4.78 is 1.33. The van der Waals surface area contributed by atoms with Crippen molar-refractivity contribution in [3.63, 3.8) is 0 Å². The van der Waals surface area contributed by atoms with Crippen LogP contribution in [0.4, 0.5) is 5.69 Å². The second-order valence-electron chi connectivity index (χ2n) is 6.76. The Bertz CT molecular complexity index is 1110. The van der Waals surface area contributed by atoms with Gasteiger partial charge in [0.2, 0.25) is 5.91 Å². The zero-order chi connectivity index (χ0) is 19.7. The maximum Gasteiger partial charge on any atom is 0.270 e. The van der Waals surface area contributed by atoms with Crippen molar-refractivity contribution >= 4 is 33.1 Å². The number of carbonyl (C=O) groups excluding carboxylic acids is 1. The Morgan fingerprint density at radius 3 is 2.79 bits per heavy atom. The number of rotatable bonds is 4. The average Bonchev–Trinajstić information content (AvgIpc) is 3.16. The molecule has 8 nitrogen and oxygen atoms in total. The van der Waals surface area contributed by atoms with Crippen molar-refractivity contribution in [2.75, 3.05) is 13.1 Å². The van der Waals surface area contributed by atoms with E-state index in [2.05, 4.69) is 4.98 Å². The Balaban J connectivity index is 1.72. The molecule has 1 saturated heterocycles. The largest absolute Gasteiger partial charge is 0.341 e. The molecule has 2 aromatic heterocycles. The maximum atomic E-state index is 13.0. The molecule has 0 radical (unpaired) electrons. The standard InChI is InChI=1S/C19H18N4O4S/c24-16(21-7-2-1-3-8-21)10-22-12-20-18-17(19(22)25)15(11-28-18)13-5-4-6-14(9-13)23(26)27/h4-6,9,11-12H,1-3,7-8,10H2. The number of benzene rings is 1. The molecule has 1 aliphatic heterocycles. The second kappa shape index (κ2) is 7.51. The van der Waals surface area contributed by atoms with E-state index in [0.717, 1.165) is 32.4 Å². The number of hydrogen-bond acceptors (Lipinski definition) is 6. The second-order valence-corrected chi connectivity index (χ2v) is 7.61. The van der Waals surface area contributed by atoms with Gasteiger partial charge in [-0.15, -0.1) is 11.3 Å². The van der Waals surface area contributed by atoms with Gasteiger partial charge in [0, 0.05) is 36.2 Å². The van der Waals surface area contributed by atoms with Crippen LogP contribution in [0.3, 0.4) is 0 Å². The maximum absolute atomic E-state index is 13.0. The molecule has 4 rings (SSSR count). The van der Waals surface area contributed by atoms with Crippen molar-refractivity contribution in [1.29, 1.82) is 0 Å². The summed E-state index contributed by atoms with van der Waals surface area (Å²) in [5, 5.41) is 13.2. The van der Waals surface area contributed by atoms with Crippen LogP contribution >= 0.6 is 11.3 Å². The number of nitro benzene ring substituents is 1. The first-order chi connectivity index (χ1) is 13.5. The van der Waals surface area contributed by atoms with Crippen molar-refractivity contribution in [3.05, 3.63) is 56.4 Å². The molecule has 144 valence electrons. The highest BCUT2D eigenvalue weighted by molar-refractivity contribution is 7.17. The number of likely N-dealkylation sites (tertiary alicyclic amines) is 1. The van der Waals surface area contributed by atoms with Crippen molar-refractivity contribution in [2.24, 2.45) is 0 Å². The van der Waals surface area contributed by atoms with Gasteiger partial charge in [-0.1, -0.05) is 12.1 Å². The molecule has 0 spiro atoms. The minimum atomic E-state index is -0.466. The summed E-state index contributed by atoms with van der Waals surface area (Å²) in [6.45, 7) is 1.40. The van der Waals surface area contributed by atoms with E-state index in [1.165, 1.54) is 34.4 Å². The summed E-state index contributed by atoms with van der Waals surface area (Å²) in [5.41, 5.74) is 0.833. The quantitative estimate of drug-likeness (QED) is 0.497. The zero-order valence-electron chi connectivity index (χ0n) is 15.0. The molecular weight excluding hydrogens is 380 g/mol. The lowest BCUT2D eigenvalue weighted by molar-refractivity contribution is -0.384. The predicted molar refractivity (Wildman–Crippen MR) is 106 cm³/mol. The molecular formula is C19H18N4O4S. The lowest BCUT2D eigenvalue weighted by Crippen LogP contribution is -2.39. The number of aromatic nitrogens is 2. The molecule has 0 aliphatic carbocycles. The molecule has 0 saturated carbocycles. The van der Waals surface area contributed by atoms with E-state index < -0.39 is 4.92 Å². The molecule has 3 heterocycles. The Kier molecular flexibility index (Phi) is 4.91. The molecule has 0 unspecified atom stereocenters. The predicted octanol–water partition coefficient (Wildman–Crippen LogP) is 3.05. The van der Waals surface area contributed by atoms with Crippen LogP contribution in [0, 0.1) is 10.1 Å². The molecule has 0 bridgehead atoms. The number of thiophene rings is 1. The molecule has 0 atom stereocenters. The van der Waals surface area contributed by atoms with Gasteiger partial charge in [0.1, 0.15) is 11.4 Å². The fraction of sp³-hybridized carbons (Fsp3) is 0.316. The summed E-state index contributed by atoms with van der Waals surface area (Å²) >= 11 is 1.30. The number of nitro groups is 1. The summed E-state index contributed by atoms with van der Waals surface area (Å²) in [4.78, 5) is 42.8. The van der Waals surface area contributed by atoms with Crippen LogP contribution in [0.15, 0.2) is 40.8 Å². The van der Waals surface area contributed by atoms with Gasteiger partial charge in [-0.05, 0) is 24.8 Å². The number of amides is 1. The van der Waals surface area contributed by atoms with E-state index >= 15 is 0 Å². The average molecular weight is 398 g/mol. The summed E-state index contributed by atoms with van der Waals surface area (Å²) in [6, 6.07) is 6.17. The molecule has 28 heavy (non-hydrogen) atoms. The zero-order valence-corrected chi connectivity index (χ0v) is 15.9. The highest BCUT2D eigenvalue weighted by atomic mass is 32.1. The SMILES string of the molecule is O=C(Cn1cnc2scc(-c3cccc([N+](=O)[O-])c3)c2c1=O)N1CCCCC1. The van der Waals surface area contributed by atoms with Crippen LogP contribution in [0.5, 0.6) is 0 Å². The molecule has 1 fully saturated rings. The van der Waals surface area contributed by atoms with Crippen LogP contribution in [0.25, 0.3) is 21.3 Å². The van der Waals surface area contributed by atoms with E-state index in [9.17, 15) is 19.7 Å². The summed E-state index contributed by atoms with van der Waals surface area (Å²) in [6.07, 6.45) is 4.50. The molecule has 1 aliphatic rings. The van der Waals surface area contributed by atoms with Crippen LogP contribution in [-0.2, 0) is 11.3 Å². The third-order valence-corrected chi connectivity index (χ3v) is 5.83. The number of hydrogen-bond donors (Lipinski definition) is 0. The van der Waals surface area contributed by atoms with Crippen molar-refractivity contribution < 1.29 is 9.72 Å². The van der Waals surface area contributed by atoms with E-state index in [4.69, 9.17) is 0 Å². The van der Waals surface area contributed by atoms with Gasteiger partial charge >= 0.3 is 0 Å². The monoisotopic (exact) mass is 398 g/mol. The van der Waals surface area contributed by atoms with Crippen molar-refractivity contribution in [2.45, 2.75) is 25.8 Å². The smallest absolute Gasteiger partial charge is 0.270 e. The highest BCUT2D eigenvalue weighted by Gasteiger charge is 2.20. The number of nitrogens with zero attached hydrogens (tertiary/aromatic N) is 4. The number of non-ortho nitro benzene ring substituents is 1. The van der Waals surface area contributed by atoms with Gasteiger partial charge < -0.3 is 4.90 Å². The minimum absolute atomic E-state index is 0.0404. The van der Waals surface area contributed by atoms with Crippen molar-refractivity contribution in [3.8, 4) is 11.1 Å². The van der Waals surface area contributed by atoms with Crippen LogP contribution in [0.2, 0.25) is 0 Å². The normalized spacial score (nSPS) is 14.4. The highest BCUT2D eigenvalue weighted by Crippen LogP contribution is 2.32. The van der Waals surface area contributed by atoms with Gasteiger partial charge in [0.25, 0.3) is 11.2 Å². The third-order valence-electron chi connectivity index (χ3n) is 4.94. The first kappa shape index (κ1) is 18.3. The van der Waals surface area contributed by atoms with Crippen LogP contribution < -0.4 is 5.56 Å². The molecule has 0 N–H and O–H groups in total. The third kappa shape index (κ3) is 3.40. The summed E-state index contributed by atoms with van der Waals surface area (Å²) in [7, 11) is 0. The van der Waals surface area contributed by atoms with Gasteiger partial charge in [-0.3, -0.25) is 24.3 Å². The first-order valence-corrected chi connectivity index (χ1v) is 9.92. The van der Waals surface area contributed by atoms with Crippen LogP contribution in [0.1, 0.15) is 19.3 Å².